The van der Waals surface area contributed by atoms with Crippen LogP contribution in [0.25, 0.3) is 0 Å². The summed E-state index contributed by atoms with van der Waals surface area (Å²) in [5, 5.41) is 0.676. The summed E-state index contributed by atoms with van der Waals surface area (Å²) in [6.45, 7) is 0.251. The SMILES string of the molecule is COc1ccc(S(=O)(=O)NCCSCc2cccc(Cl)c2)cc1F. The lowest BCUT2D eigenvalue weighted by Gasteiger charge is -2.08. The highest BCUT2D eigenvalue weighted by atomic mass is 35.5. The molecule has 2 aromatic rings. The van der Waals surface area contributed by atoms with E-state index in [9.17, 15) is 12.8 Å². The molecule has 0 fully saturated rings. The van der Waals surface area contributed by atoms with Crippen LogP contribution < -0.4 is 9.46 Å². The minimum absolute atomic E-state index is 0.00558. The Labute approximate surface area is 150 Å². The van der Waals surface area contributed by atoms with Crippen LogP contribution in [-0.4, -0.2) is 27.8 Å². The Kier molecular flexibility index (Phi) is 6.91. The van der Waals surface area contributed by atoms with Gasteiger partial charge in [0.25, 0.3) is 0 Å². The molecule has 24 heavy (non-hydrogen) atoms. The number of methoxy groups -OCH3 is 1. The summed E-state index contributed by atoms with van der Waals surface area (Å²) >= 11 is 7.49. The van der Waals surface area contributed by atoms with E-state index >= 15 is 0 Å². The predicted octanol–water partition coefficient (Wildman–Crippen LogP) is 3.70. The molecule has 0 aliphatic heterocycles. The number of hydrogen-bond acceptors (Lipinski definition) is 4. The van der Waals surface area contributed by atoms with E-state index in [-0.39, 0.29) is 17.2 Å². The van der Waals surface area contributed by atoms with Crippen LogP contribution in [0.2, 0.25) is 5.02 Å². The monoisotopic (exact) mass is 389 g/mol. The summed E-state index contributed by atoms with van der Waals surface area (Å²) in [6, 6.07) is 11.1. The summed E-state index contributed by atoms with van der Waals surface area (Å²) < 4.78 is 45.1. The highest BCUT2D eigenvalue weighted by Crippen LogP contribution is 2.20. The minimum Gasteiger partial charge on any atom is -0.494 e. The molecule has 0 atom stereocenters. The van der Waals surface area contributed by atoms with E-state index in [4.69, 9.17) is 16.3 Å². The van der Waals surface area contributed by atoms with Gasteiger partial charge in [-0.25, -0.2) is 17.5 Å². The standard InChI is InChI=1S/C16H17ClFNO3S2/c1-22-16-6-5-14(10-15(16)18)24(20,21)19-7-8-23-11-12-3-2-4-13(17)9-12/h2-6,9-10,19H,7-8,11H2,1H3. The Bertz CT molecular complexity index is 800. The molecule has 0 bridgehead atoms. The molecule has 8 heteroatoms. The number of sulfonamides is 1. The summed E-state index contributed by atoms with van der Waals surface area (Å²) in [7, 11) is -2.42. The van der Waals surface area contributed by atoms with Crippen molar-refractivity contribution in [2.24, 2.45) is 0 Å². The molecule has 130 valence electrons. The quantitative estimate of drug-likeness (QED) is 0.699. The lowest BCUT2D eigenvalue weighted by molar-refractivity contribution is 0.385. The van der Waals surface area contributed by atoms with E-state index in [1.807, 2.05) is 18.2 Å². The number of benzene rings is 2. The zero-order valence-electron chi connectivity index (χ0n) is 13.0. The van der Waals surface area contributed by atoms with Crippen molar-refractivity contribution in [1.82, 2.24) is 4.72 Å². The van der Waals surface area contributed by atoms with Crippen LogP contribution in [0.5, 0.6) is 5.75 Å². The normalized spacial score (nSPS) is 11.5. The topological polar surface area (TPSA) is 55.4 Å². The molecule has 0 aliphatic rings. The fourth-order valence-electron chi connectivity index (χ4n) is 1.96. The molecule has 1 N–H and O–H groups in total. The highest BCUT2D eigenvalue weighted by molar-refractivity contribution is 7.98. The van der Waals surface area contributed by atoms with E-state index in [0.29, 0.717) is 10.8 Å². The lowest BCUT2D eigenvalue weighted by Crippen LogP contribution is -2.26. The van der Waals surface area contributed by atoms with Crippen LogP contribution in [-0.2, 0) is 15.8 Å². The fourth-order valence-corrected chi connectivity index (χ4v) is 4.15. The first-order valence-electron chi connectivity index (χ1n) is 7.08. The molecule has 0 heterocycles. The van der Waals surface area contributed by atoms with Gasteiger partial charge in [0, 0.05) is 23.1 Å². The van der Waals surface area contributed by atoms with Crippen molar-refractivity contribution in [3.8, 4) is 5.75 Å². The second-order valence-corrected chi connectivity index (χ2v) is 8.19. The zero-order valence-corrected chi connectivity index (χ0v) is 15.3. The molecule has 0 saturated carbocycles. The molecule has 0 unspecified atom stereocenters. The molecule has 0 amide bonds. The van der Waals surface area contributed by atoms with Crippen molar-refractivity contribution in [3.63, 3.8) is 0 Å². The third kappa shape index (κ3) is 5.37. The van der Waals surface area contributed by atoms with Gasteiger partial charge in [-0.1, -0.05) is 23.7 Å². The molecule has 0 aliphatic carbocycles. The summed E-state index contributed by atoms with van der Waals surface area (Å²) in [5.74, 6) is 0.617. The maximum Gasteiger partial charge on any atom is 0.240 e. The van der Waals surface area contributed by atoms with Gasteiger partial charge in [0.2, 0.25) is 10.0 Å². The van der Waals surface area contributed by atoms with Gasteiger partial charge in [-0.3, -0.25) is 0 Å². The first-order chi connectivity index (χ1) is 11.4. The number of thioether (sulfide) groups is 1. The first kappa shape index (κ1) is 19.1. The van der Waals surface area contributed by atoms with E-state index in [0.717, 1.165) is 17.4 Å². The second kappa shape index (κ2) is 8.71. The van der Waals surface area contributed by atoms with Crippen molar-refractivity contribution >= 4 is 33.4 Å². The molecular weight excluding hydrogens is 373 g/mol. The van der Waals surface area contributed by atoms with Gasteiger partial charge in [-0.05, 0) is 35.9 Å². The number of nitrogens with one attached hydrogen (secondary N) is 1. The molecule has 2 aromatic carbocycles. The Morgan fingerprint density at radius 1 is 1.25 bits per heavy atom. The lowest BCUT2D eigenvalue weighted by atomic mass is 10.2. The van der Waals surface area contributed by atoms with Crippen molar-refractivity contribution in [2.75, 3.05) is 19.4 Å². The Hall–Kier alpha value is -1.28. The molecule has 0 saturated heterocycles. The molecule has 0 radical (unpaired) electrons. The first-order valence-corrected chi connectivity index (χ1v) is 10.1. The van der Waals surface area contributed by atoms with Crippen molar-refractivity contribution in [3.05, 3.63) is 58.9 Å². The molecule has 0 aromatic heterocycles. The van der Waals surface area contributed by atoms with Crippen molar-refractivity contribution in [2.45, 2.75) is 10.6 Å². The van der Waals surface area contributed by atoms with Crippen LogP contribution in [0.4, 0.5) is 4.39 Å². The van der Waals surface area contributed by atoms with Gasteiger partial charge in [0.05, 0.1) is 12.0 Å². The Balaban J connectivity index is 1.83. The Morgan fingerprint density at radius 3 is 2.71 bits per heavy atom. The second-order valence-electron chi connectivity index (χ2n) is 4.88. The molecular formula is C16H17ClFNO3S2. The third-order valence-electron chi connectivity index (χ3n) is 3.13. The van der Waals surface area contributed by atoms with Gasteiger partial charge < -0.3 is 4.74 Å². The smallest absolute Gasteiger partial charge is 0.240 e. The van der Waals surface area contributed by atoms with Gasteiger partial charge >= 0.3 is 0 Å². The zero-order chi connectivity index (χ0) is 17.6. The summed E-state index contributed by atoms with van der Waals surface area (Å²) in [4.78, 5) is -0.124. The third-order valence-corrected chi connectivity index (χ3v) is 5.85. The summed E-state index contributed by atoms with van der Waals surface area (Å²) in [5.41, 5.74) is 1.08. The van der Waals surface area contributed by atoms with Gasteiger partial charge in [-0.15, -0.1) is 0 Å². The van der Waals surface area contributed by atoms with Gasteiger partial charge in [0.1, 0.15) is 0 Å². The number of ether oxygens (including phenoxy) is 1. The van der Waals surface area contributed by atoms with Crippen molar-refractivity contribution in [1.29, 1.82) is 0 Å². The van der Waals surface area contributed by atoms with Gasteiger partial charge in [0.15, 0.2) is 11.6 Å². The highest BCUT2D eigenvalue weighted by Gasteiger charge is 2.16. The average Bonchev–Trinajstić information content (AvgIpc) is 2.54. The molecule has 4 nitrogen and oxygen atoms in total. The van der Waals surface area contributed by atoms with E-state index in [1.54, 1.807) is 17.8 Å². The maximum absolute atomic E-state index is 13.6. The van der Waals surface area contributed by atoms with Crippen LogP contribution in [0, 0.1) is 5.82 Å². The van der Waals surface area contributed by atoms with E-state index < -0.39 is 15.8 Å². The maximum atomic E-state index is 13.6. The minimum atomic E-state index is -3.74. The molecule has 0 spiro atoms. The Morgan fingerprint density at radius 2 is 2.04 bits per heavy atom. The molecule has 2 rings (SSSR count). The predicted molar refractivity (Wildman–Crippen MR) is 95.8 cm³/mol. The van der Waals surface area contributed by atoms with Crippen LogP contribution in [0.15, 0.2) is 47.4 Å². The van der Waals surface area contributed by atoms with Crippen molar-refractivity contribution < 1.29 is 17.5 Å². The number of rotatable bonds is 8. The number of halogens is 2. The van der Waals surface area contributed by atoms with E-state index in [1.165, 1.54) is 19.2 Å². The fraction of sp³-hybridized carbons (Fsp3) is 0.250. The van der Waals surface area contributed by atoms with Gasteiger partial charge in [-0.2, -0.15) is 11.8 Å². The largest absolute Gasteiger partial charge is 0.494 e. The average molecular weight is 390 g/mol. The van der Waals surface area contributed by atoms with E-state index in [2.05, 4.69) is 4.72 Å². The van der Waals surface area contributed by atoms with Crippen LogP contribution >= 0.6 is 23.4 Å². The number of hydrogen-bond donors (Lipinski definition) is 1. The van der Waals surface area contributed by atoms with Crippen LogP contribution in [0.1, 0.15) is 5.56 Å². The van der Waals surface area contributed by atoms with Crippen LogP contribution in [0.3, 0.4) is 0 Å². The summed E-state index contributed by atoms with van der Waals surface area (Å²) in [6.07, 6.45) is 0.